The maximum absolute atomic E-state index is 13.7. The molecule has 26 heavy (non-hydrogen) atoms. The van der Waals surface area contributed by atoms with Gasteiger partial charge in [0.2, 0.25) is 11.5 Å². The van der Waals surface area contributed by atoms with Crippen LogP contribution in [0.5, 0.6) is 0 Å². The van der Waals surface area contributed by atoms with Gasteiger partial charge in [-0.15, -0.1) is 11.3 Å². The van der Waals surface area contributed by atoms with E-state index < -0.39 is 29.1 Å². The number of carbonyl (C=O) groups is 1. The Morgan fingerprint density at radius 2 is 1.85 bits per heavy atom. The molecule has 144 valence electrons. The second kappa shape index (κ2) is 6.19. The average Bonchev–Trinajstić information content (AvgIpc) is 2.87. The number of carbonyl (C=O) groups excluding carboxylic acids is 1. The third-order valence-electron chi connectivity index (χ3n) is 6.28. The molecule has 2 aliphatic carbocycles. The Morgan fingerprint density at radius 1 is 1.23 bits per heavy atom. The summed E-state index contributed by atoms with van der Waals surface area (Å²) in [4.78, 5) is 18.4. The van der Waals surface area contributed by atoms with Crippen LogP contribution < -0.4 is 0 Å². The highest BCUT2D eigenvalue weighted by Crippen LogP contribution is 2.49. The van der Waals surface area contributed by atoms with Crippen LogP contribution in [-0.2, 0) is 10.4 Å². The van der Waals surface area contributed by atoms with Crippen LogP contribution in [0, 0.1) is 24.7 Å². The highest BCUT2D eigenvalue weighted by atomic mass is 32.1. The Morgan fingerprint density at radius 3 is 2.38 bits per heavy atom. The van der Waals surface area contributed by atoms with Crippen molar-refractivity contribution in [2.45, 2.75) is 63.3 Å². The van der Waals surface area contributed by atoms with Crippen molar-refractivity contribution in [3.05, 3.63) is 16.1 Å². The Balaban J connectivity index is 1.59. The van der Waals surface area contributed by atoms with Crippen LogP contribution in [0.3, 0.4) is 0 Å². The summed E-state index contributed by atoms with van der Waals surface area (Å²) in [6, 6.07) is 0.0225. The quantitative estimate of drug-likeness (QED) is 0.860. The first kappa shape index (κ1) is 18.2. The standard InChI is InChI=1S/C18H23F3N2O2S/c1-10-9-26-16(22-10)17(25,18(19,20)21)7-15(24)23-8-13-3-11-2-12(4-13)6-14(23)5-11/h9,11-14,25H,2-8H2,1H3. The van der Waals surface area contributed by atoms with Crippen molar-refractivity contribution < 1.29 is 23.1 Å². The first-order chi connectivity index (χ1) is 12.2. The largest absolute Gasteiger partial charge is 0.424 e. The molecule has 1 aromatic rings. The van der Waals surface area contributed by atoms with E-state index in [1.807, 2.05) is 0 Å². The van der Waals surface area contributed by atoms with Gasteiger partial charge in [0.1, 0.15) is 5.01 Å². The maximum atomic E-state index is 13.7. The van der Waals surface area contributed by atoms with Crippen molar-refractivity contribution in [3.63, 3.8) is 0 Å². The van der Waals surface area contributed by atoms with E-state index in [0.29, 0.717) is 30.0 Å². The molecule has 3 heterocycles. The van der Waals surface area contributed by atoms with Crippen molar-refractivity contribution in [3.8, 4) is 0 Å². The van der Waals surface area contributed by atoms with Crippen LogP contribution in [0.1, 0.15) is 49.2 Å². The Labute approximate surface area is 154 Å². The molecule has 4 nitrogen and oxygen atoms in total. The molecule has 1 amide bonds. The van der Waals surface area contributed by atoms with Gasteiger partial charge in [0.15, 0.2) is 0 Å². The molecule has 4 bridgehead atoms. The van der Waals surface area contributed by atoms with Gasteiger partial charge in [-0.1, -0.05) is 0 Å². The summed E-state index contributed by atoms with van der Waals surface area (Å²) in [6.45, 7) is 2.10. The minimum Gasteiger partial charge on any atom is -0.374 e. The van der Waals surface area contributed by atoms with E-state index in [1.165, 1.54) is 11.8 Å². The molecule has 4 aliphatic rings. The zero-order valence-corrected chi connectivity index (χ0v) is 15.4. The lowest BCUT2D eigenvalue weighted by Crippen LogP contribution is -2.49. The molecule has 8 heteroatoms. The molecule has 1 N–H and O–H groups in total. The molecule has 1 aromatic heterocycles. The van der Waals surface area contributed by atoms with E-state index in [1.54, 1.807) is 11.8 Å². The minimum atomic E-state index is -4.95. The van der Waals surface area contributed by atoms with E-state index in [9.17, 15) is 23.1 Å². The zero-order chi connectivity index (χ0) is 18.7. The van der Waals surface area contributed by atoms with Gasteiger partial charge in [-0.25, -0.2) is 4.98 Å². The molecular formula is C18H23F3N2O2S. The van der Waals surface area contributed by atoms with Crippen molar-refractivity contribution >= 4 is 17.2 Å². The second-order valence-electron chi connectivity index (χ2n) is 8.31. The number of thiazole rings is 1. The van der Waals surface area contributed by atoms with E-state index in [-0.39, 0.29) is 6.04 Å². The fourth-order valence-electron chi connectivity index (χ4n) is 5.25. The van der Waals surface area contributed by atoms with Gasteiger partial charge in [-0.05, 0) is 56.8 Å². The molecule has 0 radical (unpaired) electrons. The Bertz CT molecular complexity index is 693. The van der Waals surface area contributed by atoms with E-state index in [4.69, 9.17) is 0 Å². The van der Waals surface area contributed by atoms with Crippen LogP contribution in [0.4, 0.5) is 13.2 Å². The first-order valence-electron chi connectivity index (χ1n) is 9.17. The van der Waals surface area contributed by atoms with Gasteiger partial charge < -0.3 is 10.0 Å². The number of hydrogen-bond acceptors (Lipinski definition) is 4. The van der Waals surface area contributed by atoms with E-state index in [0.717, 1.165) is 37.0 Å². The van der Waals surface area contributed by atoms with E-state index >= 15 is 0 Å². The summed E-state index contributed by atoms with van der Waals surface area (Å²) in [5, 5.41) is 11.5. The molecular weight excluding hydrogens is 365 g/mol. The second-order valence-corrected chi connectivity index (χ2v) is 9.16. The number of halogens is 3. The number of aromatic nitrogens is 1. The van der Waals surface area contributed by atoms with Gasteiger partial charge in [-0.3, -0.25) is 4.79 Å². The highest BCUT2D eigenvalue weighted by Gasteiger charge is 2.59. The normalized spacial score (nSPS) is 33.2. The summed E-state index contributed by atoms with van der Waals surface area (Å²) in [7, 11) is 0. The number of aliphatic hydroxyl groups is 1. The maximum Gasteiger partial charge on any atom is 0.424 e. The summed E-state index contributed by atoms with van der Waals surface area (Å²) >= 11 is 0.751. The van der Waals surface area contributed by atoms with Gasteiger partial charge in [0.25, 0.3) is 0 Å². The van der Waals surface area contributed by atoms with E-state index in [2.05, 4.69) is 4.98 Å². The molecule has 3 atom stereocenters. The Kier molecular flexibility index (Phi) is 4.34. The lowest BCUT2D eigenvalue weighted by molar-refractivity contribution is -0.268. The van der Waals surface area contributed by atoms with Crippen molar-refractivity contribution in [1.29, 1.82) is 0 Å². The summed E-state index contributed by atoms with van der Waals surface area (Å²) in [5.74, 6) is 0.976. The molecule has 5 rings (SSSR count). The van der Waals surface area contributed by atoms with Gasteiger partial charge in [-0.2, -0.15) is 13.2 Å². The van der Waals surface area contributed by atoms with Crippen molar-refractivity contribution in [1.82, 2.24) is 9.88 Å². The third-order valence-corrected chi connectivity index (χ3v) is 7.39. The number of rotatable bonds is 3. The lowest BCUT2D eigenvalue weighted by Gasteiger charge is -2.39. The molecule has 0 aromatic carbocycles. The SMILES string of the molecule is Cc1csc(C(O)(CC(=O)N2CC3CC4CC(C3)CC2C4)C(F)(F)F)n1. The first-order valence-corrected chi connectivity index (χ1v) is 10.0. The Hall–Kier alpha value is -1.15. The van der Waals surface area contributed by atoms with Crippen LogP contribution >= 0.6 is 11.3 Å². The topological polar surface area (TPSA) is 53.4 Å². The number of fused-ring (bicyclic) bond motifs is 1. The van der Waals surface area contributed by atoms with Crippen LogP contribution in [0.2, 0.25) is 0 Å². The fraction of sp³-hybridized carbons (Fsp3) is 0.778. The minimum absolute atomic E-state index is 0.0225. The predicted molar refractivity (Wildman–Crippen MR) is 90.5 cm³/mol. The molecule has 2 saturated carbocycles. The van der Waals surface area contributed by atoms with Crippen LogP contribution in [-0.4, -0.2) is 39.7 Å². The number of alkyl halides is 3. The smallest absolute Gasteiger partial charge is 0.374 e. The zero-order valence-electron chi connectivity index (χ0n) is 14.6. The molecule has 0 spiro atoms. The number of nitrogens with zero attached hydrogens (tertiary/aromatic N) is 2. The average molecular weight is 388 g/mol. The molecule has 4 fully saturated rings. The molecule has 3 unspecified atom stereocenters. The highest BCUT2D eigenvalue weighted by molar-refractivity contribution is 7.09. The van der Waals surface area contributed by atoms with Crippen molar-refractivity contribution in [2.24, 2.45) is 17.8 Å². The van der Waals surface area contributed by atoms with Crippen molar-refractivity contribution in [2.75, 3.05) is 6.54 Å². The van der Waals surface area contributed by atoms with Gasteiger partial charge in [0.05, 0.1) is 6.42 Å². The molecule has 2 aliphatic heterocycles. The third kappa shape index (κ3) is 3.05. The molecule has 2 saturated heterocycles. The predicted octanol–water partition coefficient (Wildman–Crippen LogP) is 3.63. The monoisotopic (exact) mass is 388 g/mol. The van der Waals surface area contributed by atoms with Crippen LogP contribution in [0.25, 0.3) is 0 Å². The number of aryl methyl sites for hydroxylation is 1. The number of amides is 1. The summed E-state index contributed by atoms with van der Waals surface area (Å²) < 4.78 is 41.1. The van der Waals surface area contributed by atoms with Gasteiger partial charge >= 0.3 is 6.18 Å². The van der Waals surface area contributed by atoms with Gasteiger partial charge in [0, 0.05) is 23.7 Å². The summed E-state index contributed by atoms with van der Waals surface area (Å²) in [6.07, 6.45) is -0.810. The fourth-order valence-corrected chi connectivity index (χ4v) is 6.17. The summed E-state index contributed by atoms with van der Waals surface area (Å²) in [5.41, 5.74) is -2.81. The number of hydrogen-bond donors (Lipinski definition) is 1. The lowest BCUT2D eigenvalue weighted by atomic mass is 9.68. The van der Waals surface area contributed by atoms with Crippen LogP contribution in [0.15, 0.2) is 5.38 Å².